The van der Waals surface area contributed by atoms with Gasteiger partial charge in [-0.15, -0.1) is 0 Å². The lowest BCUT2D eigenvalue weighted by atomic mass is 9.97. The smallest absolute Gasteiger partial charge is 0.227 e. The maximum absolute atomic E-state index is 12.9. The van der Waals surface area contributed by atoms with Crippen molar-refractivity contribution in [2.75, 3.05) is 49.9 Å². The van der Waals surface area contributed by atoms with E-state index in [9.17, 15) is 13.2 Å². The molecule has 6 nitrogen and oxygen atoms in total. The van der Waals surface area contributed by atoms with Gasteiger partial charge in [0.2, 0.25) is 15.9 Å². The minimum absolute atomic E-state index is 0.0992. The fraction of sp³-hybridized carbons (Fsp3) is 0.632. The predicted molar refractivity (Wildman–Crippen MR) is 109 cm³/mol. The zero-order valence-electron chi connectivity index (χ0n) is 15.8. The van der Waals surface area contributed by atoms with Crippen LogP contribution >= 0.6 is 11.6 Å². The Morgan fingerprint density at radius 2 is 1.78 bits per heavy atom. The Kier molecular flexibility index (Phi) is 6.65. The zero-order chi connectivity index (χ0) is 19.4. The number of piperazine rings is 1. The minimum atomic E-state index is -3.24. The van der Waals surface area contributed by atoms with E-state index in [0.29, 0.717) is 37.6 Å². The average Bonchev–Trinajstić information content (AvgIpc) is 2.68. The van der Waals surface area contributed by atoms with Gasteiger partial charge in [-0.05, 0) is 43.5 Å². The summed E-state index contributed by atoms with van der Waals surface area (Å²) < 4.78 is 26.2. The summed E-state index contributed by atoms with van der Waals surface area (Å²) >= 11 is 5.95. The van der Waals surface area contributed by atoms with Crippen LogP contribution in [0.3, 0.4) is 0 Å². The summed E-state index contributed by atoms with van der Waals surface area (Å²) in [6.45, 7) is 5.62. The highest BCUT2D eigenvalue weighted by Crippen LogP contribution is 2.24. The second-order valence-electron chi connectivity index (χ2n) is 7.30. The van der Waals surface area contributed by atoms with Gasteiger partial charge in [0, 0.05) is 50.0 Å². The van der Waals surface area contributed by atoms with Crippen molar-refractivity contribution in [2.45, 2.75) is 26.2 Å². The topological polar surface area (TPSA) is 60.9 Å². The summed E-state index contributed by atoms with van der Waals surface area (Å²) in [4.78, 5) is 17.1. The van der Waals surface area contributed by atoms with Gasteiger partial charge >= 0.3 is 0 Å². The predicted octanol–water partition coefficient (Wildman–Crippen LogP) is 2.44. The minimum Gasteiger partial charge on any atom is -0.368 e. The molecule has 2 aliphatic heterocycles. The lowest BCUT2D eigenvalue weighted by molar-refractivity contribution is -0.137. The number of sulfonamides is 1. The van der Waals surface area contributed by atoms with Gasteiger partial charge in [0.15, 0.2) is 0 Å². The number of carbonyl (C=O) groups excluding carboxylic acids is 1. The Hall–Kier alpha value is -1.31. The number of nitrogens with zero attached hydrogens (tertiary/aromatic N) is 3. The highest BCUT2D eigenvalue weighted by atomic mass is 35.5. The van der Waals surface area contributed by atoms with Gasteiger partial charge in [-0.25, -0.2) is 12.7 Å². The van der Waals surface area contributed by atoms with Crippen LogP contribution in [0.15, 0.2) is 24.3 Å². The molecule has 1 atom stereocenters. The number of rotatable bonds is 5. The third-order valence-corrected chi connectivity index (χ3v) is 7.67. The maximum atomic E-state index is 12.9. The van der Waals surface area contributed by atoms with Crippen molar-refractivity contribution in [2.24, 2.45) is 5.92 Å². The van der Waals surface area contributed by atoms with E-state index in [0.717, 1.165) is 31.6 Å². The van der Waals surface area contributed by atoms with Crippen LogP contribution in [0.25, 0.3) is 0 Å². The van der Waals surface area contributed by atoms with Crippen molar-refractivity contribution < 1.29 is 13.2 Å². The number of hydrogen-bond donors (Lipinski definition) is 0. The molecule has 1 aromatic carbocycles. The fourth-order valence-corrected chi connectivity index (χ4v) is 5.59. The monoisotopic (exact) mass is 413 g/mol. The average molecular weight is 414 g/mol. The van der Waals surface area contributed by atoms with E-state index >= 15 is 0 Å². The number of carbonyl (C=O) groups is 1. The molecule has 3 rings (SSSR count). The van der Waals surface area contributed by atoms with E-state index < -0.39 is 10.0 Å². The van der Waals surface area contributed by atoms with Gasteiger partial charge in [0.05, 0.1) is 11.7 Å². The van der Waals surface area contributed by atoms with Crippen LogP contribution in [-0.4, -0.2) is 68.6 Å². The Morgan fingerprint density at radius 3 is 2.41 bits per heavy atom. The highest BCUT2D eigenvalue weighted by Gasteiger charge is 2.34. The fourth-order valence-electron chi connectivity index (χ4n) is 3.88. The normalized spacial score (nSPS) is 22.1. The van der Waals surface area contributed by atoms with Gasteiger partial charge in [-0.2, -0.15) is 0 Å². The summed E-state index contributed by atoms with van der Waals surface area (Å²) in [5, 5.41) is 0.715. The highest BCUT2D eigenvalue weighted by molar-refractivity contribution is 7.89. The molecule has 0 saturated carbocycles. The molecule has 2 saturated heterocycles. The lowest BCUT2D eigenvalue weighted by Gasteiger charge is -2.39. The first-order valence-electron chi connectivity index (χ1n) is 9.68. The van der Waals surface area contributed by atoms with Gasteiger partial charge in [0.1, 0.15) is 0 Å². The molecule has 0 N–H and O–H groups in total. The Balaban J connectivity index is 1.56. The number of benzene rings is 1. The molecule has 1 aromatic rings. The molecule has 2 fully saturated rings. The first kappa shape index (κ1) is 20.4. The van der Waals surface area contributed by atoms with Crippen molar-refractivity contribution in [3.8, 4) is 0 Å². The van der Waals surface area contributed by atoms with Crippen LogP contribution < -0.4 is 4.90 Å². The van der Waals surface area contributed by atoms with Crippen molar-refractivity contribution in [1.82, 2.24) is 9.21 Å². The van der Waals surface area contributed by atoms with Crippen LogP contribution in [0.5, 0.6) is 0 Å². The van der Waals surface area contributed by atoms with E-state index in [1.807, 2.05) is 36.1 Å². The molecule has 0 spiro atoms. The number of halogens is 1. The summed E-state index contributed by atoms with van der Waals surface area (Å²) in [6.07, 6.45) is 2.13. The van der Waals surface area contributed by atoms with Crippen LogP contribution in [0, 0.1) is 5.92 Å². The first-order valence-corrected chi connectivity index (χ1v) is 11.7. The lowest BCUT2D eigenvalue weighted by Crippen LogP contribution is -2.53. The van der Waals surface area contributed by atoms with E-state index in [2.05, 4.69) is 4.90 Å². The molecular formula is C19H28ClN3O3S. The molecule has 0 aromatic heterocycles. The van der Waals surface area contributed by atoms with E-state index in [4.69, 9.17) is 11.6 Å². The van der Waals surface area contributed by atoms with Crippen molar-refractivity contribution in [3.05, 3.63) is 29.3 Å². The SMILES string of the molecule is CCCS(=O)(=O)N1CCCC(C(=O)N2CCN(c3ccc(Cl)cc3)CC2)C1. The van der Waals surface area contributed by atoms with Crippen molar-refractivity contribution >= 4 is 33.2 Å². The maximum Gasteiger partial charge on any atom is 0.227 e. The zero-order valence-corrected chi connectivity index (χ0v) is 17.4. The van der Waals surface area contributed by atoms with Crippen LogP contribution in [-0.2, 0) is 14.8 Å². The second-order valence-corrected chi connectivity index (χ2v) is 9.83. The molecule has 2 aliphatic rings. The quantitative estimate of drug-likeness (QED) is 0.743. The summed E-state index contributed by atoms with van der Waals surface area (Å²) in [7, 11) is -3.24. The standard InChI is InChI=1S/C19H28ClN3O3S/c1-2-14-27(25,26)23-9-3-4-16(15-23)19(24)22-12-10-21(11-13-22)18-7-5-17(20)6-8-18/h5-8,16H,2-4,9-15H2,1H3. The van der Waals surface area contributed by atoms with Crippen molar-refractivity contribution in [3.63, 3.8) is 0 Å². The molecule has 1 amide bonds. The number of amides is 1. The Morgan fingerprint density at radius 1 is 1.11 bits per heavy atom. The third kappa shape index (κ3) is 4.95. The molecule has 150 valence electrons. The van der Waals surface area contributed by atoms with Crippen LogP contribution in [0.4, 0.5) is 5.69 Å². The second kappa shape index (κ2) is 8.80. The van der Waals surface area contributed by atoms with Crippen LogP contribution in [0.1, 0.15) is 26.2 Å². The Bertz CT molecular complexity index is 746. The number of piperidine rings is 1. The van der Waals surface area contributed by atoms with E-state index in [1.165, 1.54) is 4.31 Å². The van der Waals surface area contributed by atoms with Crippen LogP contribution in [0.2, 0.25) is 5.02 Å². The largest absolute Gasteiger partial charge is 0.368 e. The molecule has 8 heteroatoms. The summed E-state index contributed by atoms with van der Waals surface area (Å²) in [6, 6.07) is 7.75. The van der Waals surface area contributed by atoms with Gasteiger partial charge < -0.3 is 9.80 Å². The molecule has 2 heterocycles. The molecule has 0 aliphatic carbocycles. The summed E-state index contributed by atoms with van der Waals surface area (Å²) in [5.74, 6) is 0.0443. The van der Waals surface area contributed by atoms with Gasteiger partial charge in [-0.1, -0.05) is 18.5 Å². The third-order valence-electron chi connectivity index (χ3n) is 5.37. The van der Waals surface area contributed by atoms with Gasteiger partial charge in [0.25, 0.3) is 0 Å². The Labute approximate surface area is 167 Å². The van der Waals surface area contributed by atoms with Gasteiger partial charge in [-0.3, -0.25) is 4.79 Å². The van der Waals surface area contributed by atoms with Crippen molar-refractivity contribution in [1.29, 1.82) is 0 Å². The summed E-state index contributed by atoms with van der Waals surface area (Å²) in [5.41, 5.74) is 1.11. The molecule has 27 heavy (non-hydrogen) atoms. The molecular weight excluding hydrogens is 386 g/mol. The van der Waals surface area contributed by atoms with E-state index in [1.54, 1.807) is 0 Å². The molecule has 1 unspecified atom stereocenters. The molecule has 0 bridgehead atoms. The first-order chi connectivity index (χ1) is 12.9. The number of hydrogen-bond acceptors (Lipinski definition) is 4. The van der Waals surface area contributed by atoms with E-state index in [-0.39, 0.29) is 17.6 Å². The molecule has 0 radical (unpaired) electrons. The number of anilines is 1.